The van der Waals surface area contributed by atoms with E-state index in [1.165, 1.54) is 27.8 Å². The number of aromatic nitrogens is 1. The third-order valence-corrected chi connectivity index (χ3v) is 3.60. The molecule has 0 radical (unpaired) electrons. The zero-order chi connectivity index (χ0) is 13.2. The standard InChI is InChI=1S/C16H18N2O/c1-11-5-14(8-18-7-11)16(17-2)12-3-4-13-9-19-10-15(13)6-12/h3-8,16-17H,9-10H2,1-2H3. The largest absolute Gasteiger partial charge is 0.372 e. The van der Waals surface area contributed by atoms with Gasteiger partial charge in [0, 0.05) is 12.4 Å². The summed E-state index contributed by atoms with van der Waals surface area (Å²) in [6.07, 6.45) is 3.81. The van der Waals surface area contributed by atoms with Crippen LogP contribution in [0.5, 0.6) is 0 Å². The van der Waals surface area contributed by atoms with Crippen LogP contribution in [-0.4, -0.2) is 12.0 Å². The van der Waals surface area contributed by atoms with Crippen LogP contribution in [0, 0.1) is 6.92 Å². The molecule has 1 aliphatic rings. The summed E-state index contributed by atoms with van der Waals surface area (Å²) in [4.78, 5) is 4.29. The van der Waals surface area contributed by atoms with Crippen LogP contribution in [0.1, 0.15) is 33.9 Å². The van der Waals surface area contributed by atoms with Crippen molar-refractivity contribution in [2.45, 2.75) is 26.2 Å². The molecule has 3 nitrogen and oxygen atoms in total. The van der Waals surface area contributed by atoms with Gasteiger partial charge in [-0.1, -0.05) is 24.3 Å². The maximum absolute atomic E-state index is 5.48. The Morgan fingerprint density at radius 3 is 2.74 bits per heavy atom. The number of fused-ring (bicyclic) bond motifs is 1. The predicted octanol–water partition coefficient (Wildman–Crippen LogP) is 2.73. The van der Waals surface area contributed by atoms with Gasteiger partial charge in [-0.25, -0.2) is 0 Å². The van der Waals surface area contributed by atoms with Crippen LogP contribution < -0.4 is 5.32 Å². The molecule has 1 atom stereocenters. The Bertz CT molecular complexity index is 595. The first-order valence-corrected chi connectivity index (χ1v) is 6.56. The summed E-state index contributed by atoms with van der Waals surface area (Å²) >= 11 is 0. The average Bonchev–Trinajstić information content (AvgIpc) is 2.87. The van der Waals surface area contributed by atoms with Crippen molar-refractivity contribution in [1.82, 2.24) is 10.3 Å². The molecular weight excluding hydrogens is 236 g/mol. The Labute approximate surface area is 113 Å². The number of rotatable bonds is 3. The average molecular weight is 254 g/mol. The second-order valence-electron chi connectivity index (χ2n) is 5.04. The highest BCUT2D eigenvalue weighted by atomic mass is 16.5. The van der Waals surface area contributed by atoms with Crippen LogP contribution in [0.2, 0.25) is 0 Å². The van der Waals surface area contributed by atoms with Crippen molar-refractivity contribution in [3.05, 3.63) is 64.5 Å². The molecule has 0 bridgehead atoms. The van der Waals surface area contributed by atoms with Gasteiger partial charge in [0.2, 0.25) is 0 Å². The van der Waals surface area contributed by atoms with Crippen LogP contribution >= 0.6 is 0 Å². The molecule has 19 heavy (non-hydrogen) atoms. The summed E-state index contributed by atoms with van der Waals surface area (Å²) in [5.41, 5.74) is 6.25. The number of benzene rings is 1. The van der Waals surface area contributed by atoms with Crippen molar-refractivity contribution >= 4 is 0 Å². The molecule has 3 rings (SSSR count). The summed E-state index contributed by atoms with van der Waals surface area (Å²) in [5.74, 6) is 0. The Kier molecular flexibility index (Phi) is 3.32. The van der Waals surface area contributed by atoms with E-state index in [1.54, 1.807) is 0 Å². The predicted molar refractivity (Wildman–Crippen MR) is 74.8 cm³/mol. The van der Waals surface area contributed by atoms with Crippen molar-refractivity contribution in [2.75, 3.05) is 7.05 Å². The molecule has 3 heteroatoms. The van der Waals surface area contributed by atoms with E-state index in [9.17, 15) is 0 Å². The van der Waals surface area contributed by atoms with E-state index in [1.807, 2.05) is 19.4 Å². The fourth-order valence-corrected chi connectivity index (χ4v) is 2.63. The molecule has 1 aliphatic heterocycles. The third kappa shape index (κ3) is 2.39. The first-order chi connectivity index (χ1) is 9.28. The summed E-state index contributed by atoms with van der Waals surface area (Å²) < 4.78 is 5.48. The van der Waals surface area contributed by atoms with Crippen molar-refractivity contribution in [2.24, 2.45) is 0 Å². The molecule has 2 heterocycles. The molecule has 1 N–H and O–H groups in total. The number of nitrogens with one attached hydrogen (secondary N) is 1. The van der Waals surface area contributed by atoms with Gasteiger partial charge in [0.25, 0.3) is 0 Å². The lowest BCUT2D eigenvalue weighted by atomic mass is 9.96. The number of nitrogens with zero attached hydrogens (tertiary/aromatic N) is 1. The van der Waals surface area contributed by atoms with Crippen molar-refractivity contribution in [3.8, 4) is 0 Å². The maximum Gasteiger partial charge on any atom is 0.0725 e. The summed E-state index contributed by atoms with van der Waals surface area (Å²) in [6, 6.07) is 8.95. The number of hydrogen-bond donors (Lipinski definition) is 1. The van der Waals surface area contributed by atoms with Crippen molar-refractivity contribution in [1.29, 1.82) is 0 Å². The van der Waals surface area contributed by atoms with Gasteiger partial charge >= 0.3 is 0 Å². The number of aryl methyl sites for hydroxylation is 1. The lowest BCUT2D eigenvalue weighted by Crippen LogP contribution is -2.18. The van der Waals surface area contributed by atoms with Gasteiger partial charge in [-0.05, 0) is 41.8 Å². The summed E-state index contributed by atoms with van der Waals surface area (Å²) in [7, 11) is 1.98. The Balaban J connectivity index is 1.98. The quantitative estimate of drug-likeness (QED) is 0.914. The van der Waals surface area contributed by atoms with E-state index in [4.69, 9.17) is 4.74 Å². The lowest BCUT2D eigenvalue weighted by Gasteiger charge is -2.18. The second kappa shape index (κ2) is 5.11. The molecule has 0 aliphatic carbocycles. The molecule has 2 aromatic rings. The van der Waals surface area contributed by atoms with Gasteiger partial charge in [0.1, 0.15) is 0 Å². The number of ether oxygens (including phenoxy) is 1. The first-order valence-electron chi connectivity index (χ1n) is 6.56. The molecule has 98 valence electrons. The molecule has 1 aromatic heterocycles. The maximum atomic E-state index is 5.48. The van der Waals surface area contributed by atoms with Crippen LogP contribution in [0.4, 0.5) is 0 Å². The molecule has 0 spiro atoms. The van der Waals surface area contributed by atoms with Gasteiger partial charge in [0.05, 0.1) is 19.3 Å². The van der Waals surface area contributed by atoms with Gasteiger partial charge < -0.3 is 10.1 Å². The highest BCUT2D eigenvalue weighted by Crippen LogP contribution is 2.27. The van der Waals surface area contributed by atoms with E-state index in [2.05, 4.69) is 41.5 Å². The Morgan fingerprint density at radius 2 is 1.95 bits per heavy atom. The highest BCUT2D eigenvalue weighted by Gasteiger charge is 2.17. The van der Waals surface area contributed by atoms with Crippen LogP contribution in [-0.2, 0) is 18.0 Å². The number of pyridine rings is 1. The van der Waals surface area contributed by atoms with Gasteiger partial charge in [-0.3, -0.25) is 4.98 Å². The van der Waals surface area contributed by atoms with E-state index in [-0.39, 0.29) is 6.04 Å². The van der Waals surface area contributed by atoms with Gasteiger partial charge in [-0.15, -0.1) is 0 Å². The Morgan fingerprint density at radius 1 is 1.11 bits per heavy atom. The molecular formula is C16H18N2O. The van der Waals surface area contributed by atoms with Crippen molar-refractivity contribution in [3.63, 3.8) is 0 Å². The Hall–Kier alpha value is -1.71. The van der Waals surface area contributed by atoms with Crippen molar-refractivity contribution < 1.29 is 4.74 Å². The van der Waals surface area contributed by atoms with Crippen LogP contribution in [0.3, 0.4) is 0 Å². The minimum absolute atomic E-state index is 0.179. The number of hydrogen-bond acceptors (Lipinski definition) is 3. The summed E-state index contributed by atoms with van der Waals surface area (Å²) in [6.45, 7) is 3.54. The normalized spacial score (nSPS) is 15.3. The fourth-order valence-electron chi connectivity index (χ4n) is 2.63. The van der Waals surface area contributed by atoms with Gasteiger partial charge in [-0.2, -0.15) is 0 Å². The molecule has 1 aromatic carbocycles. The molecule has 1 unspecified atom stereocenters. The third-order valence-electron chi connectivity index (χ3n) is 3.60. The molecule has 0 amide bonds. The highest BCUT2D eigenvalue weighted by molar-refractivity contribution is 5.38. The minimum atomic E-state index is 0.179. The fraction of sp³-hybridized carbons (Fsp3) is 0.312. The minimum Gasteiger partial charge on any atom is -0.372 e. The van der Waals surface area contributed by atoms with Gasteiger partial charge in [0.15, 0.2) is 0 Å². The van der Waals surface area contributed by atoms with E-state index in [0.29, 0.717) is 0 Å². The smallest absolute Gasteiger partial charge is 0.0725 e. The van der Waals surface area contributed by atoms with E-state index < -0.39 is 0 Å². The van der Waals surface area contributed by atoms with Crippen LogP contribution in [0.15, 0.2) is 36.7 Å². The lowest BCUT2D eigenvalue weighted by molar-refractivity contribution is 0.134. The van der Waals surface area contributed by atoms with E-state index in [0.717, 1.165) is 13.2 Å². The summed E-state index contributed by atoms with van der Waals surface area (Å²) in [5, 5.41) is 3.37. The molecule has 0 fully saturated rings. The second-order valence-corrected chi connectivity index (χ2v) is 5.04. The monoisotopic (exact) mass is 254 g/mol. The van der Waals surface area contributed by atoms with E-state index >= 15 is 0 Å². The molecule has 0 saturated carbocycles. The zero-order valence-corrected chi connectivity index (χ0v) is 11.3. The first kappa shape index (κ1) is 12.3. The SMILES string of the molecule is CNC(c1cncc(C)c1)c1ccc2c(c1)COC2. The van der Waals surface area contributed by atoms with Crippen LogP contribution in [0.25, 0.3) is 0 Å². The molecule has 0 saturated heterocycles. The zero-order valence-electron chi connectivity index (χ0n) is 11.3. The topological polar surface area (TPSA) is 34.2 Å².